The molecule has 0 saturated carbocycles. The van der Waals surface area contributed by atoms with Crippen LogP contribution >= 0.6 is 28.3 Å². The predicted octanol–water partition coefficient (Wildman–Crippen LogP) is 3.04. The standard InChI is InChI=1S/C12H19BrN2.ClH/c1-12(2,14)9-15(3)8-10-4-6-11(13)7-5-10;/h4-7H,8-9,14H2,1-3H3;1H. The smallest absolute Gasteiger partial charge is 0.0231 e. The van der Waals surface area contributed by atoms with Crippen molar-refractivity contribution in [3.05, 3.63) is 34.3 Å². The molecule has 0 aromatic heterocycles. The second kappa shape index (κ2) is 6.60. The molecule has 0 bridgehead atoms. The summed E-state index contributed by atoms with van der Waals surface area (Å²) in [6, 6.07) is 8.39. The number of nitrogens with two attached hydrogens (primary N) is 1. The van der Waals surface area contributed by atoms with Crippen LogP contribution in [0.3, 0.4) is 0 Å². The fourth-order valence-corrected chi connectivity index (χ4v) is 1.92. The molecular weight excluding hydrogens is 288 g/mol. The van der Waals surface area contributed by atoms with Crippen LogP contribution in [0.5, 0.6) is 0 Å². The predicted molar refractivity (Wildman–Crippen MR) is 76.0 cm³/mol. The van der Waals surface area contributed by atoms with Crippen LogP contribution in [0.15, 0.2) is 28.7 Å². The molecule has 2 nitrogen and oxygen atoms in total. The molecule has 0 aliphatic heterocycles. The van der Waals surface area contributed by atoms with Gasteiger partial charge in [0.05, 0.1) is 0 Å². The van der Waals surface area contributed by atoms with Crippen molar-refractivity contribution in [3.63, 3.8) is 0 Å². The van der Waals surface area contributed by atoms with Crippen molar-refractivity contribution in [2.75, 3.05) is 13.6 Å². The minimum absolute atomic E-state index is 0. The summed E-state index contributed by atoms with van der Waals surface area (Å²) in [6.45, 7) is 5.92. The third-order valence-corrected chi connectivity index (χ3v) is 2.57. The van der Waals surface area contributed by atoms with E-state index in [-0.39, 0.29) is 17.9 Å². The maximum Gasteiger partial charge on any atom is 0.0231 e. The maximum absolute atomic E-state index is 5.96. The second-order valence-corrected chi connectivity index (χ2v) is 5.70. The first-order chi connectivity index (χ1) is 6.87. The Morgan fingerprint density at radius 1 is 1.25 bits per heavy atom. The number of benzene rings is 1. The van der Waals surface area contributed by atoms with Gasteiger partial charge >= 0.3 is 0 Å². The summed E-state index contributed by atoms with van der Waals surface area (Å²) in [5.41, 5.74) is 7.14. The van der Waals surface area contributed by atoms with E-state index in [9.17, 15) is 0 Å². The summed E-state index contributed by atoms with van der Waals surface area (Å²) in [5, 5.41) is 0. The fraction of sp³-hybridized carbons (Fsp3) is 0.500. The molecule has 0 atom stereocenters. The van der Waals surface area contributed by atoms with E-state index in [4.69, 9.17) is 5.73 Å². The van der Waals surface area contributed by atoms with Gasteiger partial charge in [0, 0.05) is 23.1 Å². The van der Waals surface area contributed by atoms with Gasteiger partial charge in [-0.25, -0.2) is 0 Å². The fourth-order valence-electron chi connectivity index (χ4n) is 1.65. The third-order valence-electron chi connectivity index (χ3n) is 2.04. The SMILES string of the molecule is CN(Cc1ccc(Br)cc1)CC(C)(C)N.Cl. The number of hydrogen-bond acceptors (Lipinski definition) is 2. The maximum atomic E-state index is 5.96. The first kappa shape index (κ1) is 15.9. The van der Waals surface area contributed by atoms with Crippen LogP contribution < -0.4 is 5.73 Å². The summed E-state index contributed by atoms with van der Waals surface area (Å²) in [6.07, 6.45) is 0. The molecule has 0 aliphatic carbocycles. The quantitative estimate of drug-likeness (QED) is 0.926. The lowest BCUT2D eigenvalue weighted by Gasteiger charge is -2.26. The Bertz CT molecular complexity index is 306. The Labute approximate surface area is 113 Å². The molecular formula is C12H20BrClN2. The van der Waals surface area contributed by atoms with Gasteiger partial charge in [-0.3, -0.25) is 0 Å². The van der Waals surface area contributed by atoms with E-state index >= 15 is 0 Å². The van der Waals surface area contributed by atoms with Gasteiger partial charge in [0.25, 0.3) is 0 Å². The topological polar surface area (TPSA) is 29.3 Å². The molecule has 2 N–H and O–H groups in total. The van der Waals surface area contributed by atoms with Crippen molar-refractivity contribution < 1.29 is 0 Å². The highest BCUT2D eigenvalue weighted by Gasteiger charge is 2.13. The van der Waals surface area contributed by atoms with Crippen molar-refractivity contribution in [1.29, 1.82) is 0 Å². The second-order valence-electron chi connectivity index (χ2n) is 4.79. The highest BCUT2D eigenvalue weighted by molar-refractivity contribution is 9.10. The van der Waals surface area contributed by atoms with Gasteiger partial charge in [-0.1, -0.05) is 28.1 Å². The Kier molecular flexibility index (Phi) is 6.56. The largest absolute Gasteiger partial charge is 0.324 e. The van der Waals surface area contributed by atoms with Crippen LogP contribution in [0, 0.1) is 0 Å². The van der Waals surface area contributed by atoms with Gasteiger partial charge in [-0.15, -0.1) is 12.4 Å². The van der Waals surface area contributed by atoms with Crippen molar-refractivity contribution in [2.24, 2.45) is 5.73 Å². The van der Waals surface area contributed by atoms with Gasteiger partial charge in [0.15, 0.2) is 0 Å². The van der Waals surface area contributed by atoms with Crippen molar-refractivity contribution in [3.8, 4) is 0 Å². The third kappa shape index (κ3) is 6.48. The van der Waals surface area contributed by atoms with Gasteiger partial charge in [-0.05, 0) is 38.6 Å². The molecule has 0 radical (unpaired) electrons. The van der Waals surface area contributed by atoms with E-state index in [2.05, 4.69) is 52.1 Å². The normalized spacial score (nSPS) is 11.4. The average Bonchev–Trinajstić information content (AvgIpc) is 2.05. The molecule has 1 aromatic rings. The van der Waals surface area contributed by atoms with E-state index in [0.29, 0.717) is 0 Å². The number of hydrogen-bond donors (Lipinski definition) is 1. The number of likely N-dealkylation sites (N-methyl/N-ethyl adjacent to an activating group) is 1. The van der Waals surface area contributed by atoms with Crippen LogP contribution in [0.1, 0.15) is 19.4 Å². The van der Waals surface area contributed by atoms with Crippen molar-refractivity contribution in [2.45, 2.75) is 25.9 Å². The zero-order valence-corrected chi connectivity index (χ0v) is 12.4. The van der Waals surface area contributed by atoms with Crippen LogP contribution in [0.25, 0.3) is 0 Å². The first-order valence-electron chi connectivity index (χ1n) is 5.09. The number of nitrogens with zero attached hydrogens (tertiary/aromatic N) is 1. The molecule has 0 saturated heterocycles. The van der Waals surface area contributed by atoms with Gasteiger partial charge in [0.1, 0.15) is 0 Å². The van der Waals surface area contributed by atoms with Crippen molar-refractivity contribution in [1.82, 2.24) is 4.90 Å². The summed E-state index contributed by atoms with van der Waals surface area (Å²) in [5.74, 6) is 0. The lowest BCUT2D eigenvalue weighted by atomic mass is 10.1. The molecule has 0 heterocycles. The first-order valence-corrected chi connectivity index (χ1v) is 5.88. The average molecular weight is 308 g/mol. The molecule has 1 rings (SSSR count). The lowest BCUT2D eigenvalue weighted by Crippen LogP contribution is -2.43. The molecule has 0 spiro atoms. The van der Waals surface area contributed by atoms with Crippen LogP contribution in [-0.2, 0) is 6.54 Å². The highest BCUT2D eigenvalue weighted by atomic mass is 79.9. The van der Waals surface area contributed by atoms with Crippen LogP contribution in [0.4, 0.5) is 0 Å². The highest BCUT2D eigenvalue weighted by Crippen LogP contribution is 2.12. The Balaban J connectivity index is 0.00000225. The number of halogens is 2. The van der Waals surface area contributed by atoms with E-state index in [0.717, 1.165) is 17.6 Å². The van der Waals surface area contributed by atoms with Crippen LogP contribution in [-0.4, -0.2) is 24.0 Å². The number of rotatable bonds is 4. The molecule has 1 aromatic carbocycles. The zero-order chi connectivity index (χ0) is 11.5. The molecule has 0 unspecified atom stereocenters. The summed E-state index contributed by atoms with van der Waals surface area (Å²) >= 11 is 3.43. The molecule has 0 fully saturated rings. The van der Waals surface area contributed by atoms with E-state index in [1.165, 1.54) is 5.56 Å². The van der Waals surface area contributed by atoms with Crippen LogP contribution in [0.2, 0.25) is 0 Å². The molecule has 16 heavy (non-hydrogen) atoms. The zero-order valence-electron chi connectivity index (χ0n) is 10.0. The Morgan fingerprint density at radius 3 is 2.19 bits per heavy atom. The molecule has 4 heteroatoms. The van der Waals surface area contributed by atoms with Gasteiger partial charge < -0.3 is 10.6 Å². The minimum Gasteiger partial charge on any atom is -0.324 e. The van der Waals surface area contributed by atoms with E-state index in [1.54, 1.807) is 0 Å². The summed E-state index contributed by atoms with van der Waals surface area (Å²) in [4.78, 5) is 2.24. The molecule has 0 amide bonds. The lowest BCUT2D eigenvalue weighted by molar-refractivity contribution is 0.263. The minimum atomic E-state index is -0.135. The monoisotopic (exact) mass is 306 g/mol. The molecule has 92 valence electrons. The van der Waals surface area contributed by atoms with E-state index < -0.39 is 0 Å². The Hall–Kier alpha value is -0.0900. The summed E-state index contributed by atoms with van der Waals surface area (Å²) in [7, 11) is 2.09. The Morgan fingerprint density at radius 2 is 1.75 bits per heavy atom. The van der Waals surface area contributed by atoms with Crippen molar-refractivity contribution >= 4 is 28.3 Å². The molecule has 0 aliphatic rings. The van der Waals surface area contributed by atoms with E-state index in [1.807, 2.05) is 13.8 Å². The summed E-state index contributed by atoms with van der Waals surface area (Å²) < 4.78 is 1.12. The van der Waals surface area contributed by atoms with Gasteiger partial charge in [0.2, 0.25) is 0 Å². The van der Waals surface area contributed by atoms with Gasteiger partial charge in [-0.2, -0.15) is 0 Å².